The maximum Gasteiger partial charge on any atom is 0.419 e. The van der Waals surface area contributed by atoms with Crippen molar-refractivity contribution in [2.24, 2.45) is 0 Å². The van der Waals surface area contributed by atoms with Gasteiger partial charge in [-0.05, 0) is 12.1 Å². The molecule has 1 aromatic carbocycles. The predicted molar refractivity (Wildman–Crippen MR) is 66.4 cm³/mol. The van der Waals surface area contributed by atoms with Gasteiger partial charge in [-0.25, -0.2) is 9.37 Å². The van der Waals surface area contributed by atoms with Gasteiger partial charge in [-0.2, -0.15) is 13.2 Å². The fourth-order valence-electron chi connectivity index (χ4n) is 1.51. The van der Waals surface area contributed by atoms with Crippen molar-refractivity contribution in [3.8, 4) is 0 Å². The molecule has 0 fully saturated rings. The number of hydrogen-bond donors (Lipinski definition) is 1. The maximum absolute atomic E-state index is 13.8. The molecule has 0 aliphatic carbocycles. The van der Waals surface area contributed by atoms with Gasteiger partial charge < -0.3 is 5.32 Å². The highest BCUT2D eigenvalue weighted by Gasteiger charge is 2.35. The molecule has 9 heteroatoms. The van der Waals surface area contributed by atoms with Crippen molar-refractivity contribution in [1.29, 1.82) is 0 Å². The zero-order valence-electron chi connectivity index (χ0n) is 10.1. The summed E-state index contributed by atoms with van der Waals surface area (Å²) in [5.74, 6) is -2.85. The molecule has 0 saturated heterocycles. The average Bonchev–Trinajstić information content (AvgIpc) is 2.37. The zero-order valence-corrected chi connectivity index (χ0v) is 10.8. The van der Waals surface area contributed by atoms with E-state index < -0.39 is 29.0 Å². The highest BCUT2D eigenvalue weighted by Crippen LogP contribution is 2.32. The lowest BCUT2D eigenvalue weighted by Crippen LogP contribution is -2.18. The summed E-state index contributed by atoms with van der Waals surface area (Å²) in [6.45, 7) is 0. The van der Waals surface area contributed by atoms with Crippen LogP contribution in [-0.4, -0.2) is 15.9 Å². The minimum Gasteiger partial charge on any atom is -0.305 e. The summed E-state index contributed by atoms with van der Waals surface area (Å²) in [6, 6.07) is 2.41. The lowest BCUT2D eigenvalue weighted by molar-refractivity contribution is -0.140. The monoisotopic (exact) mass is 319 g/mol. The second-order valence-electron chi connectivity index (χ2n) is 3.85. The van der Waals surface area contributed by atoms with E-state index in [-0.39, 0.29) is 11.0 Å². The fourth-order valence-corrected chi connectivity index (χ4v) is 1.66. The molecule has 1 amide bonds. The van der Waals surface area contributed by atoms with E-state index in [4.69, 9.17) is 11.6 Å². The molecule has 1 N–H and O–H groups in total. The van der Waals surface area contributed by atoms with E-state index in [1.54, 1.807) is 0 Å². The molecule has 0 unspecified atom stereocenters. The van der Waals surface area contributed by atoms with Crippen LogP contribution in [-0.2, 0) is 6.18 Å². The van der Waals surface area contributed by atoms with Crippen LogP contribution in [0.4, 0.5) is 23.4 Å². The summed E-state index contributed by atoms with van der Waals surface area (Å²) >= 11 is 5.54. The zero-order chi connectivity index (χ0) is 15.6. The number of carbonyl (C=O) groups excluding carboxylic acids is 1. The molecule has 2 aromatic rings. The Hall–Kier alpha value is -2.22. The Balaban J connectivity index is 2.32. The number of nitrogens with zero attached hydrogens (tertiary/aromatic N) is 2. The van der Waals surface area contributed by atoms with Crippen LogP contribution in [0.2, 0.25) is 5.15 Å². The molecule has 4 nitrogen and oxygen atoms in total. The van der Waals surface area contributed by atoms with Crippen molar-refractivity contribution >= 4 is 23.3 Å². The molecule has 0 atom stereocenters. The highest BCUT2D eigenvalue weighted by atomic mass is 35.5. The van der Waals surface area contributed by atoms with Crippen molar-refractivity contribution < 1.29 is 22.4 Å². The molecule has 0 spiro atoms. The summed E-state index contributed by atoms with van der Waals surface area (Å²) in [5.41, 5.74) is -2.28. The van der Waals surface area contributed by atoms with E-state index in [0.717, 1.165) is 18.3 Å². The highest BCUT2D eigenvalue weighted by molar-refractivity contribution is 6.29. The summed E-state index contributed by atoms with van der Waals surface area (Å²) in [5, 5.41) is 2.08. The smallest absolute Gasteiger partial charge is 0.305 e. The molecule has 21 heavy (non-hydrogen) atoms. The Morgan fingerprint density at radius 2 is 1.95 bits per heavy atom. The van der Waals surface area contributed by atoms with E-state index in [1.165, 1.54) is 6.20 Å². The number of aromatic nitrogens is 2. The number of nitrogens with one attached hydrogen (secondary N) is 1. The van der Waals surface area contributed by atoms with Gasteiger partial charge in [0.1, 0.15) is 11.0 Å². The van der Waals surface area contributed by atoms with Gasteiger partial charge in [-0.1, -0.05) is 17.7 Å². The summed E-state index contributed by atoms with van der Waals surface area (Å²) in [6.07, 6.45) is -2.58. The minimum atomic E-state index is -4.89. The normalized spacial score (nSPS) is 11.3. The van der Waals surface area contributed by atoms with Crippen LogP contribution in [0.1, 0.15) is 15.9 Å². The van der Waals surface area contributed by atoms with Gasteiger partial charge in [0.05, 0.1) is 23.5 Å². The van der Waals surface area contributed by atoms with Gasteiger partial charge in [0.15, 0.2) is 5.82 Å². The molecule has 0 bridgehead atoms. The third kappa shape index (κ3) is 3.46. The molecule has 0 aliphatic rings. The molecular formula is C12H6ClF4N3O. The van der Waals surface area contributed by atoms with Crippen LogP contribution in [0, 0.1) is 5.82 Å². The molecule has 0 saturated carbocycles. The van der Waals surface area contributed by atoms with Crippen molar-refractivity contribution in [2.75, 3.05) is 5.32 Å². The molecule has 0 radical (unpaired) electrons. The minimum absolute atomic E-state index is 0.0303. The van der Waals surface area contributed by atoms with Crippen LogP contribution in [0.3, 0.4) is 0 Å². The molecular weight excluding hydrogens is 314 g/mol. The van der Waals surface area contributed by atoms with E-state index >= 15 is 0 Å². The quantitative estimate of drug-likeness (QED) is 0.861. The third-order valence-corrected chi connectivity index (χ3v) is 2.58. The van der Waals surface area contributed by atoms with Gasteiger partial charge in [-0.3, -0.25) is 9.78 Å². The molecule has 0 aliphatic heterocycles. The SMILES string of the molecule is O=C(Nc1cncc(Cl)n1)c1cccc(C(F)(F)F)c1F. The van der Waals surface area contributed by atoms with Crippen LogP contribution in [0.25, 0.3) is 0 Å². The molecule has 2 rings (SSSR count). The van der Waals surface area contributed by atoms with Gasteiger partial charge in [0, 0.05) is 0 Å². The Kier molecular flexibility index (Phi) is 4.08. The van der Waals surface area contributed by atoms with E-state index in [2.05, 4.69) is 15.3 Å². The number of alkyl halides is 3. The van der Waals surface area contributed by atoms with Crippen LogP contribution < -0.4 is 5.32 Å². The third-order valence-electron chi connectivity index (χ3n) is 2.40. The maximum atomic E-state index is 13.8. The van der Waals surface area contributed by atoms with E-state index in [1.807, 2.05) is 0 Å². The van der Waals surface area contributed by atoms with E-state index in [9.17, 15) is 22.4 Å². The fraction of sp³-hybridized carbons (Fsp3) is 0.0833. The number of amides is 1. The summed E-state index contributed by atoms with van der Waals surface area (Å²) < 4.78 is 51.4. The molecule has 1 heterocycles. The Morgan fingerprint density at radius 3 is 2.57 bits per heavy atom. The standard InChI is InChI=1S/C12H6ClF4N3O/c13-8-4-18-5-9(19-8)20-11(21)6-2-1-3-7(10(6)14)12(15,16)17/h1-5H,(H,19,20,21). The number of carbonyl (C=O) groups is 1. The first kappa shape index (κ1) is 15.2. The first-order valence-electron chi connectivity index (χ1n) is 5.43. The number of rotatable bonds is 2. The number of anilines is 1. The number of hydrogen-bond acceptors (Lipinski definition) is 3. The Morgan fingerprint density at radius 1 is 1.24 bits per heavy atom. The van der Waals surface area contributed by atoms with Crippen molar-refractivity contribution in [3.05, 3.63) is 52.7 Å². The van der Waals surface area contributed by atoms with Crippen LogP contribution in [0.15, 0.2) is 30.6 Å². The van der Waals surface area contributed by atoms with Gasteiger partial charge in [-0.15, -0.1) is 0 Å². The number of benzene rings is 1. The first-order valence-corrected chi connectivity index (χ1v) is 5.81. The molecule has 110 valence electrons. The first-order chi connectivity index (χ1) is 9.79. The largest absolute Gasteiger partial charge is 0.419 e. The van der Waals surface area contributed by atoms with Crippen molar-refractivity contribution in [2.45, 2.75) is 6.18 Å². The lowest BCUT2D eigenvalue weighted by Gasteiger charge is -2.11. The van der Waals surface area contributed by atoms with Crippen molar-refractivity contribution in [3.63, 3.8) is 0 Å². The second-order valence-corrected chi connectivity index (χ2v) is 4.23. The summed E-state index contributed by atoms with van der Waals surface area (Å²) in [7, 11) is 0. The number of halogens is 5. The second kappa shape index (κ2) is 5.65. The van der Waals surface area contributed by atoms with Gasteiger partial charge in [0.25, 0.3) is 5.91 Å². The predicted octanol–water partition coefficient (Wildman–Crippen LogP) is 3.54. The van der Waals surface area contributed by atoms with Crippen LogP contribution >= 0.6 is 11.6 Å². The van der Waals surface area contributed by atoms with Crippen LogP contribution in [0.5, 0.6) is 0 Å². The van der Waals surface area contributed by atoms with E-state index in [0.29, 0.717) is 6.07 Å². The van der Waals surface area contributed by atoms with Crippen molar-refractivity contribution in [1.82, 2.24) is 9.97 Å². The molecule has 1 aromatic heterocycles. The Labute approximate surface area is 120 Å². The lowest BCUT2D eigenvalue weighted by atomic mass is 10.1. The topological polar surface area (TPSA) is 54.9 Å². The van der Waals surface area contributed by atoms with Gasteiger partial charge >= 0.3 is 6.18 Å². The Bertz CT molecular complexity index is 690. The summed E-state index contributed by atoms with van der Waals surface area (Å²) in [4.78, 5) is 19.1. The van der Waals surface area contributed by atoms with Gasteiger partial charge in [0.2, 0.25) is 0 Å². The average molecular weight is 320 g/mol.